The smallest absolute Gasteiger partial charge is 0.202 e. The standard InChI is InChI=1S/C14H19N5/c1-9-2-5-16-13-12(9)17-14(15)19(13)11-8-18-6-3-10(11)4-7-18/h2,5,10-11H,3-4,6-8H2,1H3,(H2,15,17). The van der Waals surface area contributed by atoms with Gasteiger partial charge >= 0.3 is 0 Å². The minimum atomic E-state index is 0.446. The first kappa shape index (κ1) is 11.2. The Morgan fingerprint density at radius 2 is 2.11 bits per heavy atom. The van der Waals surface area contributed by atoms with Crippen molar-refractivity contribution in [1.82, 2.24) is 19.4 Å². The number of imidazole rings is 1. The van der Waals surface area contributed by atoms with E-state index in [1.807, 2.05) is 12.3 Å². The lowest BCUT2D eigenvalue weighted by Crippen LogP contribution is -2.48. The third-order valence-corrected chi connectivity index (χ3v) is 4.76. The number of rotatable bonds is 1. The highest BCUT2D eigenvalue weighted by Crippen LogP contribution is 2.38. The molecule has 3 saturated heterocycles. The average molecular weight is 257 g/mol. The predicted molar refractivity (Wildman–Crippen MR) is 74.9 cm³/mol. The highest BCUT2D eigenvalue weighted by molar-refractivity contribution is 5.77. The number of piperidine rings is 3. The average Bonchev–Trinajstić information content (AvgIpc) is 2.78. The monoisotopic (exact) mass is 257 g/mol. The van der Waals surface area contributed by atoms with Gasteiger partial charge in [0.15, 0.2) is 5.65 Å². The van der Waals surface area contributed by atoms with E-state index in [0.29, 0.717) is 12.0 Å². The fourth-order valence-electron chi connectivity index (χ4n) is 3.68. The molecule has 5 nitrogen and oxygen atoms in total. The van der Waals surface area contributed by atoms with Crippen molar-refractivity contribution < 1.29 is 0 Å². The second-order valence-electron chi connectivity index (χ2n) is 5.85. The lowest BCUT2D eigenvalue weighted by atomic mass is 9.84. The van der Waals surface area contributed by atoms with E-state index in [0.717, 1.165) is 29.2 Å². The molecule has 0 amide bonds. The van der Waals surface area contributed by atoms with Gasteiger partial charge < -0.3 is 10.6 Å². The van der Waals surface area contributed by atoms with Crippen LogP contribution in [-0.4, -0.2) is 39.1 Å². The van der Waals surface area contributed by atoms with Crippen molar-refractivity contribution in [2.45, 2.75) is 25.8 Å². The van der Waals surface area contributed by atoms with Crippen molar-refractivity contribution in [2.75, 3.05) is 25.4 Å². The number of anilines is 1. The van der Waals surface area contributed by atoms with Crippen molar-refractivity contribution in [3.05, 3.63) is 17.8 Å². The Hall–Kier alpha value is -1.62. The quantitative estimate of drug-likeness (QED) is 0.842. The molecule has 5 heteroatoms. The topological polar surface area (TPSA) is 60.0 Å². The van der Waals surface area contributed by atoms with Gasteiger partial charge in [0.05, 0.1) is 6.04 Å². The van der Waals surface area contributed by atoms with Gasteiger partial charge in [0, 0.05) is 12.7 Å². The Labute approximate surface area is 112 Å². The molecule has 2 aromatic rings. The van der Waals surface area contributed by atoms with Crippen LogP contribution in [0.5, 0.6) is 0 Å². The molecule has 2 bridgehead atoms. The minimum Gasteiger partial charge on any atom is -0.369 e. The predicted octanol–water partition coefficient (Wildman–Crippen LogP) is 1.59. The third-order valence-electron chi connectivity index (χ3n) is 4.76. The summed E-state index contributed by atoms with van der Waals surface area (Å²) in [6, 6.07) is 2.44. The highest BCUT2D eigenvalue weighted by Gasteiger charge is 2.36. The molecule has 0 aliphatic carbocycles. The van der Waals surface area contributed by atoms with Crippen LogP contribution in [0.15, 0.2) is 12.3 Å². The Balaban J connectivity index is 1.87. The van der Waals surface area contributed by atoms with Crippen LogP contribution in [0.2, 0.25) is 0 Å². The van der Waals surface area contributed by atoms with Gasteiger partial charge in [-0.15, -0.1) is 0 Å². The molecule has 0 radical (unpaired) electrons. The molecule has 3 aliphatic heterocycles. The molecule has 19 heavy (non-hydrogen) atoms. The molecule has 0 spiro atoms. The molecule has 1 atom stereocenters. The van der Waals surface area contributed by atoms with E-state index in [2.05, 4.69) is 26.4 Å². The van der Waals surface area contributed by atoms with E-state index in [-0.39, 0.29) is 0 Å². The van der Waals surface area contributed by atoms with Crippen LogP contribution >= 0.6 is 0 Å². The maximum atomic E-state index is 6.18. The van der Waals surface area contributed by atoms with E-state index in [1.165, 1.54) is 25.9 Å². The number of hydrogen-bond acceptors (Lipinski definition) is 4. The third kappa shape index (κ3) is 1.57. The van der Waals surface area contributed by atoms with Gasteiger partial charge in [-0.3, -0.25) is 4.57 Å². The summed E-state index contributed by atoms with van der Waals surface area (Å²) < 4.78 is 2.18. The molecule has 5 heterocycles. The number of pyridine rings is 1. The van der Waals surface area contributed by atoms with Gasteiger partial charge in [0.25, 0.3) is 0 Å². The molecule has 3 aliphatic rings. The lowest BCUT2D eigenvalue weighted by molar-refractivity contribution is 0.0595. The Kier molecular flexibility index (Phi) is 2.33. The number of nitrogens with two attached hydrogens (primary N) is 1. The second kappa shape index (κ2) is 3.93. The lowest BCUT2D eigenvalue weighted by Gasteiger charge is -2.45. The van der Waals surface area contributed by atoms with E-state index < -0.39 is 0 Å². The van der Waals surface area contributed by atoms with E-state index in [4.69, 9.17) is 5.73 Å². The first-order valence-electron chi connectivity index (χ1n) is 7.05. The van der Waals surface area contributed by atoms with E-state index in [1.54, 1.807) is 0 Å². The van der Waals surface area contributed by atoms with Gasteiger partial charge in [-0.05, 0) is 50.4 Å². The maximum Gasteiger partial charge on any atom is 0.202 e. The molecule has 100 valence electrons. The molecule has 2 N–H and O–H groups in total. The van der Waals surface area contributed by atoms with Crippen LogP contribution in [0.3, 0.4) is 0 Å². The number of aromatic nitrogens is 3. The number of nitrogens with zero attached hydrogens (tertiary/aromatic N) is 4. The summed E-state index contributed by atoms with van der Waals surface area (Å²) in [6.45, 7) is 5.63. The van der Waals surface area contributed by atoms with Crippen LogP contribution < -0.4 is 5.73 Å². The second-order valence-corrected chi connectivity index (χ2v) is 5.85. The SMILES string of the molecule is Cc1ccnc2c1nc(N)n2C1CN2CCC1CC2. The van der Waals surface area contributed by atoms with Crippen molar-refractivity contribution in [1.29, 1.82) is 0 Å². The largest absolute Gasteiger partial charge is 0.369 e. The van der Waals surface area contributed by atoms with Gasteiger partial charge in [-0.1, -0.05) is 0 Å². The van der Waals surface area contributed by atoms with Crippen LogP contribution in [0.1, 0.15) is 24.4 Å². The Bertz CT molecular complexity index is 624. The molecular formula is C14H19N5. The van der Waals surface area contributed by atoms with Crippen LogP contribution in [0, 0.1) is 12.8 Å². The van der Waals surface area contributed by atoms with Gasteiger partial charge in [0.2, 0.25) is 5.95 Å². The van der Waals surface area contributed by atoms with E-state index in [9.17, 15) is 0 Å². The Morgan fingerprint density at radius 3 is 2.79 bits per heavy atom. The zero-order valence-electron chi connectivity index (χ0n) is 11.2. The summed E-state index contributed by atoms with van der Waals surface area (Å²) in [7, 11) is 0. The summed E-state index contributed by atoms with van der Waals surface area (Å²) in [5.41, 5.74) is 9.24. The number of hydrogen-bond donors (Lipinski definition) is 1. The van der Waals surface area contributed by atoms with Crippen LogP contribution in [0.4, 0.5) is 5.95 Å². The zero-order chi connectivity index (χ0) is 13.0. The number of nitrogen functional groups attached to an aromatic ring is 1. The molecular weight excluding hydrogens is 238 g/mol. The van der Waals surface area contributed by atoms with Crippen molar-refractivity contribution >= 4 is 17.1 Å². The summed E-state index contributed by atoms with van der Waals surface area (Å²) in [6.07, 6.45) is 4.40. The molecule has 3 fully saturated rings. The van der Waals surface area contributed by atoms with Gasteiger partial charge in [-0.2, -0.15) is 0 Å². The molecule has 2 aromatic heterocycles. The molecule has 0 saturated carbocycles. The fourth-order valence-corrected chi connectivity index (χ4v) is 3.68. The first-order valence-corrected chi connectivity index (χ1v) is 7.05. The van der Waals surface area contributed by atoms with Crippen LogP contribution in [-0.2, 0) is 0 Å². The van der Waals surface area contributed by atoms with Crippen molar-refractivity contribution in [3.63, 3.8) is 0 Å². The van der Waals surface area contributed by atoms with Crippen molar-refractivity contribution in [3.8, 4) is 0 Å². The van der Waals surface area contributed by atoms with E-state index >= 15 is 0 Å². The molecule has 1 unspecified atom stereocenters. The molecule has 0 aromatic carbocycles. The van der Waals surface area contributed by atoms with Crippen molar-refractivity contribution in [2.24, 2.45) is 5.92 Å². The number of aryl methyl sites for hydroxylation is 1. The van der Waals surface area contributed by atoms with Crippen LogP contribution in [0.25, 0.3) is 11.2 Å². The summed E-state index contributed by atoms with van der Waals surface area (Å²) in [4.78, 5) is 11.6. The molecule has 5 rings (SSSR count). The maximum absolute atomic E-state index is 6.18. The summed E-state index contributed by atoms with van der Waals surface area (Å²) >= 11 is 0. The minimum absolute atomic E-state index is 0.446. The van der Waals surface area contributed by atoms with Gasteiger partial charge in [0.1, 0.15) is 5.52 Å². The highest BCUT2D eigenvalue weighted by atomic mass is 15.3. The fraction of sp³-hybridized carbons (Fsp3) is 0.571. The Morgan fingerprint density at radius 1 is 1.32 bits per heavy atom. The zero-order valence-corrected chi connectivity index (χ0v) is 11.2. The summed E-state index contributed by atoms with van der Waals surface area (Å²) in [5.74, 6) is 1.35. The summed E-state index contributed by atoms with van der Waals surface area (Å²) in [5, 5.41) is 0. The van der Waals surface area contributed by atoms with Gasteiger partial charge in [-0.25, -0.2) is 9.97 Å². The first-order chi connectivity index (χ1) is 9.24. The normalized spacial score (nSPS) is 30.1. The number of fused-ring (bicyclic) bond motifs is 4.